The van der Waals surface area contributed by atoms with Gasteiger partial charge in [-0.05, 0) is 33.2 Å². The first-order valence-corrected chi connectivity index (χ1v) is 7.43. The van der Waals surface area contributed by atoms with E-state index in [0.29, 0.717) is 0 Å². The third kappa shape index (κ3) is 7.02. The van der Waals surface area contributed by atoms with E-state index < -0.39 is 0 Å². The molecular formula is C10H28N2O2Si. The van der Waals surface area contributed by atoms with Crippen molar-refractivity contribution in [3.63, 3.8) is 0 Å². The van der Waals surface area contributed by atoms with E-state index in [0.717, 1.165) is 32.6 Å². The molecule has 0 aliphatic heterocycles. The van der Waals surface area contributed by atoms with Gasteiger partial charge in [0.2, 0.25) is 0 Å². The molecule has 0 fully saturated rings. The van der Waals surface area contributed by atoms with Crippen molar-refractivity contribution < 1.29 is 9.47 Å². The Bertz CT molecular complexity index is 120. The molecule has 0 aliphatic carbocycles. The van der Waals surface area contributed by atoms with Gasteiger partial charge in [-0.25, -0.2) is 0 Å². The molecule has 0 unspecified atom stereocenters. The Hall–Kier alpha value is 0.0569. The van der Waals surface area contributed by atoms with E-state index in [1.54, 1.807) is 0 Å². The Morgan fingerprint density at radius 1 is 1.13 bits per heavy atom. The zero-order valence-corrected chi connectivity index (χ0v) is 12.0. The maximum atomic E-state index is 5.80. The molecule has 0 aliphatic rings. The number of nitrogens with two attached hydrogens (primary N) is 1. The van der Waals surface area contributed by atoms with E-state index in [1.165, 1.54) is 6.04 Å². The number of ether oxygens (including phenoxy) is 2. The Balaban J connectivity index is 0. The van der Waals surface area contributed by atoms with Crippen molar-refractivity contribution in [2.24, 2.45) is 5.73 Å². The van der Waals surface area contributed by atoms with Crippen molar-refractivity contribution in [2.45, 2.75) is 45.1 Å². The van der Waals surface area contributed by atoms with Crippen LogP contribution in [0.2, 0.25) is 6.04 Å². The van der Waals surface area contributed by atoms with Gasteiger partial charge >= 0.3 is 0 Å². The second-order valence-corrected chi connectivity index (χ2v) is 6.00. The van der Waals surface area contributed by atoms with E-state index in [2.05, 4.69) is 6.92 Å². The molecule has 0 aromatic carbocycles. The van der Waals surface area contributed by atoms with Crippen LogP contribution in [-0.2, 0) is 9.47 Å². The summed E-state index contributed by atoms with van der Waals surface area (Å²) in [6.07, 6.45) is 1.96. The van der Waals surface area contributed by atoms with Gasteiger partial charge in [-0.15, -0.1) is 0 Å². The molecule has 0 aromatic heterocycles. The van der Waals surface area contributed by atoms with Gasteiger partial charge in [-0.3, -0.25) is 0 Å². The third-order valence-electron chi connectivity index (χ3n) is 2.21. The summed E-state index contributed by atoms with van der Waals surface area (Å²) in [7, 11) is -0.313. The van der Waals surface area contributed by atoms with Gasteiger partial charge in [0, 0.05) is 13.2 Å². The van der Waals surface area contributed by atoms with Crippen LogP contribution in [0.4, 0.5) is 0 Å². The van der Waals surface area contributed by atoms with Crippen LogP contribution in [0.1, 0.15) is 33.6 Å². The fraction of sp³-hybridized carbons (Fsp3) is 1.00. The average Bonchev–Trinajstić information content (AvgIpc) is 2.16. The van der Waals surface area contributed by atoms with Crippen molar-refractivity contribution >= 4 is 9.52 Å². The minimum Gasteiger partial charge on any atom is -0.355 e. The van der Waals surface area contributed by atoms with Crippen molar-refractivity contribution in [3.8, 4) is 0 Å². The summed E-state index contributed by atoms with van der Waals surface area (Å²) in [4.78, 5) is 0. The zero-order chi connectivity index (χ0) is 10.9. The van der Waals surface area contributed by atoms with Crippen LogP contribution in [0.15, 0.2) is 0 Å². The first-order chi connectivity index (χ1) is 6.74. The van der Waals surface area contributed by atoms with Crippen LogP contribution in [-0.4, -0.2) is 34.7 Å². The lowest BCUT2D eigenvalue weighted by Gasteiger charge is -2.33. The van der Waals surface area contributed by atoms with E-state index in [9.17, 15) is 0 Å². The number of hydrogen-bond donors (Lipinski definition) is 2. The highest BCUT2D eigenvalue weighted by molar-refractivity contribution is 6.38. The molecular weight excluding hydrogens is 208 g/mol. The summed E-state index contributed by atoms with van der Waals surface area (Å²) in [6.45, 7) is 8.46. The molecule has 0 heterocycles. The monoisotopic (exact) mass is 236 g/mol. The number of hydrogen-bond acceptors (Lipinski definition) is 4. The van der Waals surface area contributed by atoms with Gasteiger partial charge in [0.15, 0.2) is 0 Å². The van der Waals surface area contributed by atoms with Crippen LogP contribution >= 0.6 is 0 Å². The molecule has 0 saturated carbocycles. The number of rotatable bonds is 9. The Kier molecular flexibility index (Phi) is 12.3. The van der Waals surface area contributed by atoms with E-state index in [1.807, 2.05) is 13.8 Å². The lowest BCUT2D eigenvalue weighted by atomic mass is 10.3. The summed E-state index contributed by atoms with van der Waals surface area (Å²) in [5.74, 6) is 0. The van der Waals surface area contributed by atoms with E-state index >= 15 is 0 Å². The molecule has 94 valence electrons. The van der Waals surface area contributed by atoms with E-state index in [4.69, 9.17) is 15.2 Å². The maximum absolute atomic E-state index is 5.80. The Labute approximate surface area is 96.3 Å². The van der Waals surface area contributed by atoms with Gasteiger partial charge in [0.25, 0.3) is 0 Å². The minimum atomic E-state index is -0.313. The summed E-state index contributed by atoms with van der Waals surface area (Å²) in [6, 6.07) is 1.21. The molecule has 15 heavy (non-hydrogen) atoms. The highest BCUT2D eigenvalue weighted by atomic mass is 28.2. The molecule has 0 saturated heterocycles. The summed E-state index contributed by atoms with van der Waals surface area (Å²) in [5.41, 5.74) is 5.29. The van der Waals surface area contributed by atoms with Crippen LogP contribution < -0.4 is 11.9 Å². The Morgan fingerprint density at radius 3 is 2.00 bits per heavy atom. The third-order valence-corrected chi connectivity index (χ3v) is 4.23. The molecule has 0 atom stereocenters. The quantitative estimate of drug-likeness (QED) is 0.466. The van der Waals surface area contributed by atoms with Crippen molar-refractivity contribution in [1.82, 2.24) is 6.15 Å². The van der Waals surface area contributed by atoms with Crippen molar-refractivity contribution in [1.29, 1.82) is 0 Å². The highest BCUT2D eigenvalue weighted by Crippen LogP contribution is 2.20. The molecule has 0 radical (unpaired) electrons. The summed E-state index contributed by atoms with van der Waals surface area (Å²) >= 11 is 0. The average molecular weight is 236 g/mol. The van der Waals surface area contributed by atoms with Gasteiger partial charge in [0.1, 0.15) is 5.41 Å². The van der Waals surface area contributed by atoms with Crippen LogP contribution in [0.5, 0.6) is 0 Å². The Morgan fingerprint density at radius 2 is 1.67 bits per heavy atom. The topological polar surface area (TPSA) is 79.5 Å². The maximum Gasteiger partial charge on any atom is 0.145 e. The molecule has 0 bridgehead atoms. The van der Waals surface area contributed by atoms with Gasteiger partial charge in [0.05, 0.1) is 9.52 Å². The molecule has 0 amide bonds. The lowest BCUT2D eigenvalue weighted by Crippen LogP contribution is -2.42. The summed E-state index contributed by atoms with van der Waals surface area (Å²) in [5, 5.41) is 0. The lowest BCUT2D eigenvalue weighted by molar-refractivity contribution is -0.179. The van der Waals surface area contributed by atoms with Gasteiger partial charge < -0.3 is 21.4 Å². The SMILES string of the molecule is CCOC(CCCN)(OCC)[SiH2]CC.N. The largest absolute Gasteiger partial charge is 0.355 e. The highest BCUT2D eigenvalue weighted by Gasteiger charge is 2.29. The molecule has 4 nitrogen and oxygen atoms in total. The molecule has 5 N–H and O–H groups in total. The second kappa shape index (κ2) is 10.6. The fourth-order valence-corrected chi connectivity index (χ4v) is 3.69. The van der Waals surface area contributed by atoms with Crippen LogP contribution in [0.25, 0.3) is 0 Å². The second-order valence-electron chi connectivity index (χ2n) is 3.42. The summed E-state index contributed by atoms with van der Waals surface area (Å²) < 4.78 is 11.6. The van der Waals surface area contributed by atoms with Crippen LogP contribution in [0.3, 0.4) is 0 Å². The molecule has 0 aromatic rings. The van der Waals surface area contributed by atoms with E-state index in [-0.39, 0.29) is 21.1 Å². The van der Waals surface area contributed by atoms with Crippen molar-refractivity contribution in [2.75, 3.05) is 19.8 Å². The predicted molar refractivity (Wildman–Crippen MR) is 68.3 cm³/mol. The standard InChI is InChI=1S/C10H25NO2Si.H3N/c1-4-12-10(13-5-2,14-6-3)8-7-9-11;/h4-9,11,14H2,1-3H3;1H3. The zero-order valence-electron chi connectivity index (χ0n) is 10.6. The normalized spacial score (nSPS) is 12.0. The predicted octanol–water partition coefficient (Wildman–Crippen LogP) is 1.22. The van der Waals surface area contributed by atoms with Gasteiger partial charge in [-0.1, -0.05) is 13.0 Å². The molecule has 0 rings (SSSR count). The molecule has 0 spiro atoms. The first kappa shape index (κ1) is 17.5. The smallest absolute Gasteiger partial charge is 0.145 e. The van der Waals surface area contributed by atoms with Crippen molar-refractivity contribution in [3.05, 3.63) is 0 Å². The minimum absolute atomic E-state index is 0. The van der Waals surface area contributed by atoms with Crippen LogP contribution in [0, 0.1) is 0 Å². The fourth-order valence-electron chi connectivity index (χ4n) is 1.73. The van der Waals surface area contributed by atoms with Gasteiger partial charge in [-0.2, -0.15) is 0 Å². The molecule has 5 heteroatoms. The first-order valence-electron chi connectivity index (χ1n) is 5.72.